The van der Waals surface area contributed by atoms with Crippen molar-refractivity contribution in [1.82, 2.24) is 0 Å². The largest absolute Gasteiger partial charge is 0.309 e. The van der Waals surface area contributed by atoms with Crippen molar-refractivity contribution in [3.05, 3.63) is 375 Å². The minimum Gasteiger partial charge on any atom is -0.309 e. The molecule has 14 rings (SSSR count). The molecule has 0 unspecified atom stereocenters. The summed E-state index contributed by atoms with van der Waals surface area (Å²) in [7, 11) is -3.34. The molecule has 2 aromatic heterocycles. The fraction of sp³-hybridized carbons (Fsp3) is 0. The third-order valence-electron chi connectivity index (χ3n) is 13.5. The summed E-state index contributed by atoms with van der Waals surface area (Å²) in [6.45, 7) is 0. The standard InChI is InChI=1S/4C17H15P.C8H4S2.2BrH.2Fe.2Pt/c4*1-3-9-15(10-4-1)18(17-13-7-8-14-17)16-11-5-2-6-12-16;1-3-7(9-5-1)8-4-2-6-10-8;;;;;;/h4*1-14,18H;1-4H;2*1H;;;;/q;;;;-2;;;;;2*+2/p-2. The molecule has 0 bridgehead atoms. The van der Waals surface area contributed by atoms with Crippen molar-refractivity contribution >= 4 is 145 Å². The molecule has 2 heterocycles. The van der Waals surface area contributed by atoms with Crippen molar-refractivity contribution < 1.29 is 69.7 Å². The van der Waals surface area contributed by atoms with Gasteiger partial charge in [-0.1, -0.05) is 146 Å². The quantitative estimate of drug-likeness (QED) is 0.0613. The maximum atomic E-state index is 3.05. The Bertz CT molecular complexity index is 3200. The van der Waals surface area contributed by atoms with Crippen LogP contribution in [0.15, 0.2) is 364 Å². The summed E-state index contributed by atoms with van der Waals surface area (Å²) >= 11 is 13.0. The molecule has 0 aliphatic carbocycles. The second-order valence-electron chi connectivity index (χ2n) is 19.0. The third kappa shape index (κ3) is 22.5. The molecule has 0 fully saturated rings. The molecule has 0 atom stereocenters. The van der Waals surface area contributed by atoms with Gasteiger partial charge >= 0.3 is 62.1 Å². The first-order chi connectivity index (χ1) is 42.8. The van der Waals surface area contributed by atoms with Crippen LogP contribution in [0.25, 0.3) is 9.75 Å². The average Bonchev–Trinajstić information content (AvgIpc) is 4.13. The Morgan fingerprint density at radius 3 is 0.500 bits per heavy atom. The van der Waals surface area contributed by atoms with Gasteiger partial charge in [-0.25, -0.2) is 60.7 Å². The van der Waals surface area contributed by atoms with E-state index < -0.39 is 31.7 Å². The van der Waals surface area contributed by atoms with E-state index >= 15 is 0 Å². The number of hydrogen-bond donors (Lipinski definition) is 0. The van der Waals surface area contributed by atoms with Crippen LogP contribution in [0.1, 0.15) is 0 Å². The fourth-order valence-corrected chi connectivity index (χ4v) is 21.4. The van der Waals surface area contributed by atoms with Gasteiger partial charge in [-0.2, -0.15) is 21.9 Å². The van der Waals surface area contributed by atoms with Gasteiger partial charge in [-0.3, -0.25) is 0 Å². The van der Waals surface area contributed by atoms with Gasteiger partial charge in [0, 0.05) is 65.8 Å². The summed E-state index contributed by atoms with van der Waals surface area (Å²) < 4.78 is 0. The molecule has 88 heavy (non-hydrogen) atoms. The van der Waals surface area contributed by atoms with Crippen LogP contribution in [-0.4, -0.2) is 0 Å². The van der Waals surface area contributed by atoms with Crippen molar-refractivity contribution in [2.45, 2.75) is 0 Å². The van der Waals surface area contributed by atoms with Crippen molar-refractivity contribution in [3.63, 3.8) is 0 Å². The van der Waals surface area contributed by atoms with Crippen LogP contribution in [0.2, 0.25) is 0 Å². The second kappa shape index (κ2) is 42.7. The van der Waals surface area contributed by atoms with Crippen molar-refractivity contribution in [2.75, 3.05) is 0 Å². The number of benzene rings is 8. The average molecular weight is 1830 g/mol. The molecule has 0 saturated carbocycles. The van der Waals surface area contributed by atoms with Crippen LogP contribution in [0.5, 0.6) is 0 Å². The first-order valence-corrected chi connectivity index (χ1v) is 45.3. The first-order valence-electron chi connectivity index (χ1n) is 27.7. The Labute approximate surface area is 591 Å². The van der Waals surface area contributed by atoms with E-state index in [1.807, 2.05) is 47.6 Å². The predicted molar refractivity (Wildman–Crippen MR) is 392 cm³/mol. The van der Waals surface area contributed by atoms with E-state index in [1.54, 1.807) is 22.7 Å². The molecule has 0 saturated heterocycles. The number of rotatable bonds is 13. The van der Waals surface area contributed by atoms with Gasteiger partial charge in [0.15, 0.2) is 0 Å². The molecule has 0 aliphatic rings. The summed E-state index contributed by atoms with van der Waals surface area (Å²) in [5.74, 6) is 0. The van der Waals surface area contributed by atoms with Crippen molar-refractivity contribution in [2.24, 2.45) is 0 Å². The number of thiophene rings is 2. The van der Waals surface area contributed by atoms with E-state index in [0.29, 0.717) is 0 Å². The predicted octanol–water partition coefficient (Wildman–Crippen LogP) is 16.3. The molecule has 12 aromatic carbocycles. The van der Waals surface area contributed by atoms with Crippen LogP contribution >= 0.6 is 81.0 Å². The minimum absolute atomic E-state index is 0. The Kier molecular flexibility index (Phi) is 35.3. The summed E-state index contributed by atoms with van der Waals surface area (Å²) in [5, 5.41) is 23.5. The van der Waals surface area contributed by atoms with Crippen molar-refractivity contribution in [1.29, 1.82) is 0 Å². The molecule has 0 radical (unpaired) electrons. The molecule has 12 heteroatoms. The number of halogens is 2. The Hall–Kier alpha value is -4.34. The first kappa shape index (κ1) is 72.7. The Balaban J connectivity index is 0.000000174. The van der Waals surface area contributed by atoms with Crippen molar-refractivity contribution in [3.8, 4) is 9.75 Å². The summed E-state index contributed by atoms with van der Waals surface area (Å²) in [4.78, 5) is 2.57. The van der Waals surface area contributed by atoms with Gasteiger partial charge in [0.25, 0.3) is 0 Å². The Morgan fingerprint density at radius 1 is 0.227 bits per heavy atom. The van der Waals surface area contributed by atoms with E-state index in [9.17, 15) is 0 Å². The molecular formula is C76H64Br2Fe2P4Pt2S2. The van der Waals surface area contributed by atoms with Gasteiger partial charge in [0.05, 0.1) is 42.4 Å². The van der Waals surface area contributed by atoms with E-state index in [1.165, 1.54) is 73.4 Å². The number of hydrogen-bond acceptors (Lipinski definition) is 2. The van der Waals surface area contributed by atoms with Crippen LogP contribution in [0.4, 0.5) is 0 Å². The van der Waals surface area contributed by atoms with Crippen LogP contribution in [0, 0.1) is 10.8 Å². The van der Waals surface area contributed by atoms with Crippen LogP contribution < -0.4 is 63.7 Å². The zero-order valence-corrected chi connectivity index (χ0v) is 63.1. The van der Waals surface area contributed by atoms with E-state index in [-0.39, 0.29) is 34.1 Å². The fourth-order valence-electron chi connectivity index (χ4n) is 9.75. The van der Waals surface area contributed by atoms with Gasteiger partial charge in [-0.15, -0.1) is 59.3 Å². The Morgan fingerprint density at radius 2 is 0.375 bits per heavy atom. The van der Waals surface area contributed by atoms with E-state index in [0.717, 1.165) is 0 Å². The zero-order valence-electron chi connectivity index (χ0n) is 47.6. The molecule has 0 aliphatic heterocycles. The minimum atomic E-state index is -0.834. The third-order valence-corrected chi connectivity index (χ3v) is 26.2. The molecular weight excluding hydrogens is 1760 g/mol. The maximum absolute atomic E-state index is 3.05. The summed E-state index contributed by atoms with van der Waals surface area (Å²) in [6.07, 6.45) is 0. The SMILES string of the molecule is [Br][Pt+].[Br][Pt+].[Fe].[Fe].[c-]1ccc(-c2cc[c-]s2)s1.c1ccc([PH+](c2ccccc2)[c-]2cccc2)cc1.c1ccc([PH+](c2ccccc2)[c-]2cccc2)cc1.c1ccc([PH+](c2ccccc2)[c-]2cccc2)cc1.c1ccc([PH+](c2ccccc2)[c-]2cccc2)cc1. The molecule has 450 valence electrons. The van der Waals surface area contributed by atoms with Gasteiger partial charge in [-0.05, 0) is 118 Å². The normalized spacial score (nSPS) is 10.1. The molecule has 0 amide bonds. The molecule has 0 N–H and O–H groups in total. The smallest absolute Gasteiger partial charge is 0.0908 e. The zero-order chi connectivity index (χ0) is 59.6. The van der Waals surface area contributed by atoms with Crippen LogP contribution in [0.3, 0.4) is 0 Å². The van der Waals surface area contributed by atoms with E-state index in [4.69, 9.17) is 0 Å². The van der Waals surface area contributed by atoms with Crippen LogP contribution in [-0.2, 0) is 69.7 Å². The molecule has 14 aromatic rings. The topological polar surface area (TPSA) is 0 Å². The van der Waals surface area contributed by atoms with Gasteiger partial charge in [0.2, 0.25) is 0 Å². The molecule has 0 nitrogen and oxygen atoms in total. The summed E-state index contributed by atoms with van der Waals surface area (Å²) in [5.41, 5.74) is 0. The molecule has 0 spiro atoms. The summed E-state index contributed by atoms with van der Waals surface area (Å²) in [6, 6.07) is 130. The maximum Gasteiger partial charge on any atom is 0.0908 e. The van der Waals surface area contributed by atoms with Gasteiger partial charge < -0.3 is 22.7 Å². The van der Waals surface area contributed by atoms with E-state index in [2.05, 4.69) is 389 Å². The second-order valence-corrected chi connectivity index (χ2v) is 30.6. The van der Waals surface area contributed by atoms with Gasteiger partial charge in [0.1, 0.15) is 0 Å². The monoisotopic (exact) mass is 1820 g/mol.